The van der Waals surface area contributed by atoms with E-state index in [0.29, 0.717) is 30.8 Å². The lowest BCUT2D eigenvalue weighted by atomic mass is 9.74. The van der Waals surface area contributed by atoms with E-state index in [2.05, 4.69) is 53.2 Å². The van der Waals surface area contributed by atoms with Crippen LogP contribution in [0.5, 0.6) is 0 Å². The van der Waals surface area contributed by atoms with Gasteiger partial charge in [-0.3, -0.25) is 9.88 Å². The van der Waals surface area contributed by atoms with Crippen LogP contribution in [0.15, 0.2) is 60.0 Å². The maximum absolute atomic E-state index is 14.0. The molecule has 0 N–H and O–H groups in total. The minimum atomic E-state index is -0.641. The lowest BCUT2D eigenvalue weighted by Gasteiger charge is -2.49. The summed E-state index contributed by atoms with van der Waals surface area (Å²) in [6, 6.07) is 9.54. The zero-order chi connectivity index (χ0) is 24.3. The van der Waals surface area contributed by atoms with E-state index >= 15 is 0 Å². The number of hydrogen-bond donors (Lipinski definition) is 0. The monoisotopic (exact) mass is 486 g/mol. The van der Waals surface area contributed by atoms with E-state index in [1.807, 2.05) is 12.4 Å². The van der Waals surface area contributed by atoms with Gasteiger partial charge in [-0.15, -0.1) is 0 Å². The van der Waals surface area contributed by atoms with Crippen LogP contribution in [0.25, 0.3) is 10.8 Å². The van der Waals surface area contributed by atoms with Gasteiger partial charge in [0.05, 0.1) is 11.2 Å². The van der Waals surface area contributed by atoms with Crippen molar-refractivity contribution in [1.82, 2.24) is 9.88 Å². The lowest BCUT2D eigenvalue weighted by molar-refractivity contribution is -0.116. The molecule has 6 atom stereocenters. The van der Waals surface area contributed by atoms with E-state index in [9.17, 15) is 4.39 Å². The molecule has 0 amide bonds. The Kier molecular flexibility index (Phi) is 5.63. The Labute approximate surface area is 214 Å². The number of halogens is 1. The summed E-state index contributed by atoms with van der Waals surface area (Å²) in [7, 11) is 0. The topological polar surface area (TPSA) is 25.4 Å². The predicted molar refractivity (Wildman–Crippen MR) is 143 cm³/mol. The summed E-state index contributed by atoms with van der Waals surface area (Å²) in [6.45, 7) is 3.98. The molecule has 1 aromatic heterocycles. The standard InChI is InChI=1S/C32H39FN2O/c1-22-5-6-23(25-8-7-24-11-15-34-20-26(24)17-25)3-2-4-28-18-27-9-10-30(35-16-12-29(33)21-35)19-31(27)13-14-32(22,28)36-31/h4,7-8,11,15,17-18,20,22-23,29-30H,2-3,5-6,9-10,12-14,16,19,21H2,1H3/b28-4-/t22-,23?,29-,30?,31+,32-/m0/s1. The first-order chi connectivity index (χ1) is 17.5. The molecule has 3 nitrogen and oxygen atoms in total. The maximum Gasteiger partial charge on any atom is 0.114 e. The number of likely N-dealkylation sites (tertiary alicyclic amines) is 1. The van der Waals surface area contributed by atoms with Crippen LogP contribution in [0.3, 0.4) is 0 Å². The molecule has 2 spiro atoms. The van der Waals surface area contributed by atoms with Gasteiger partial charge in [0.15, 0.2) is 0 Å². The Morgan fingerprint density at radius 2 is 2.00 bits per heavy atom. The molecule has 4 heteroatoms. The van der Waals surface area contributed by atoms with Gasteiger partial charge in [-0.1, -0.05) is 31.2 Å². The summed E-state index contributed by atoms with van der Waals surface area (Å²) in [4.78, 5) is 6.77. The first kappa shape index (κ1) is 23.1. The van der Waals surface area contributed by atoms with Crippen molar-refractivity contribution in [3.8, 4) is 0 Å². The predicted octanol–water partition coefficient (Wildman–Crippen LogP) is 7.28. The summed E-state index contributed by atoms with van der Waals surface area (Å²) < 4.78 is 21.3. The van der Waals surface area contributed by atoms with E-state index in [0.717, 1.165) is 45.1 Å². The number of nitrogens with zero attached hydrogens (tertiary/aromatic N) is 2. The van der Waals surface area contributed by atoms with Gasteiger partial charge in [0.1, 0.15) is 6.17 Å². The lowest BCUT2D eigenvalue weighted by Crippen LogP contribution is -2.51. The van der Waals surface area contributed by atoms with Crippen molar-refractivity contribution in [3.05, 3.63) is 65.5 Å². The first-order valence-electron chi connectivity index (χ1n) is 14.4. The van der Waals surface area contributed by atoms with Crippen molar-refractivity contribution in [1.29, 1.82) is 0 Å². The quantitative estimate of drug-likeness (QED) is 0.446. The zero-order valence-electron chi connectivity index (χ0n) is 21.6. The van der Waals surface area contributed by atoms with Gasteiger partial charge in [-0.25, -0.2) is 4.39 Å². The molecule has 36 heavy (non-hydrogen) atoms. The molecule has 2 saturated heterocycles. The number of benzene rings is 1. The Bertz CT molecular complexity index is 1220. The number of fused-ring (bicyclic) bond motifs is 1. The fourth-order valence-corrected chi connectivity index (χ4v) is 8.30. The second kappa shape index (κ2) is 8.77. The number of aromatic nitrogens is 1. The summed E-state index contributed by atoms with van der Waals surface area (Å²) in [5, 5.41) is 2.51. The molecule has 2 aromatic rings. The molecule has 4 heterocycles. The van der Waals surface area contributed by atoms with Gasteiger partial charge in [-0.05, 0) is 110 Å². The van der Waals surface area contributed by atoms with Gasteiger partial charge in [0.25, 0.3) is 0 Å². The molecule has 1 saturated carbocycles. The fourth-order valence-electron chi connectivity index (χ4n) is 8.30. The fraction of sp³-hybridized carbons (Fsp3) is 0.594. The molecule has 7 rings (SSSR count). The van der Waals surface area contributed by atoms with Crippen LogP contribution in [0, 0.1) is 5.92 Å². The van der Waals surface area contributed by atoms with Crippen molar-refractivity contribution in [2.45, 2.75) is 100 Å². The molecular formula is C32H39FN2O. The van der Waals surface area contributed by atoms with Crippen molar-refractivity contribution < 1.29 is 9.13 Å². The average Bonchev–Trinajstić information content (AvgIpc) is 3.49. The Hall–Kier alpha value is -2.04. The van der Waals surface area contributed by atoms with Crippen LogP contribution < -0.4 is 0 Å². The summed E-state index contributed by atoms with van der Waals surface area (Å²) in [5.74, 6) is 1.06. The largest absolute Gasteiger partial charge is 0.359 e. The van der Waals surface area contributed by atoms with E-state index in [-0.39, 0.29) is 11.2 Å². The van der Waals surface area contributed by atoms with Crippen molar-refractivity contribution >= 4 is 10.8 Å². The van der Waals surface area contributed by atoms with Crippen LogP contribution in [0.2, 0.25) is 0 Å². The number of rotatable bonds is 2. The minimum Gasteiger partial charge on any atom is -0.359 e. The SMILES string of the molecule is C[C@H]1CCC(c2ccc3ccncc3c2)CC/C=C2/C=C3CCC(N4CC[C@H](F)C4)C[C@]34CC[C@@]21O4. The van der Waals surface area contributed by atoms with E-state index in [4.69, 9.17) is 4.74 Å². The van der Waals surface area contributed by atoms with Crippen molar-refractivity contribution in [3.63, 3.8) is 0 Å². The second-order valence-electron chi connectivity index (χ2n) is 12.3. The third-order valence-corrected chi connectivity index (χ3v) is 10.4. The molecule has 3 fully saturated rings. The average molecular weight is 487 g/mol. The molecule has 1 aromatic carbocycles. The minimum absolute atomic E-state index is 0.109. The van der Waals surface area contributed by atoms with Crippen LogP contribution in [-0.2, 0) is 4.74 Å². The molecule has 190 valence electrons. The zero-order valence-corrected chi connectivity index (χ0v) is 21.6. The molecule has 2 aliphatic carbocycles. The van der Waals surface area contributed by atoms with Gasteiger partial charge in [0, 0.05) is 36.9 Å². The number of pyridine rings is 1. The van der Waals surface area contributed by atoms with Gasteiger partial charge in [0.2, 0.25) is 0 Å². The van der Waals surface area contributed by atoms with E-state index < -0.39 is 6.17 Å². The van der Waals surface area contributed by atoms with Crippen molar-refractivity contribution in [2.75, 3.05) is 13.1 Å². The Balaban J connectivity index is 1.15. The molecule has 5 aliphatic rings. The van der Waals surface area contributed by atoms with Crippen LogP contribution in [-0.4, -0.2) is 46.4 Å². The summed E-state index contributed by atoms with van der Waals surface area (Å²) >= 11 is 0. The Morgan fingerprint density at radius 3 is 2.89 bits per heavy atom. The third-order valence-electron chi connectivity index (χ3n) is 10.4. The van der Waals surface area contributed by atoms with Gasteiger partial charge >= 0.3 is 0 Å². The molecule has 2 bridgehead atoms. The van der Waals surface area contributed by atoms with E-state index in [1.54, 1.807) is 0 Å². The number of alkyl halides is 1. The molecule has 3 aliphatic heterocycles. The van der Waals surface area contributed by atoms with Gasteiger partial charge in [-0.2, -0.15) is 0 Å². The van der Waals surface area contributed by atoms with Crippen LogP contribution in [0.1, 0.15) is 82.6 Å². The number of ether oxygens (including phenoxy) is 1. The highest BCUT2D eigenvalue weighted by Crippen LogP contribution is 2.59. The smallest absolute Gasteiger partial charge is 0.114 e. The molecular weight excluding hydrogens is 447 g/mol. The Morgan fingerprint density at radius 1 is 1.06 bits per heavy atom. The van der Waals surface area contributed by atoms with Crippen LogP contribution >= 0.6 is 0 Å². The van der Waals surface area contributed by atoms with Crippen LogP contribution in [0.4, 0.5) is 4.39 Å². The highest BCUT2D eigenvalue weighted by molar-refractivity contribution is 5.82. The molecule has 2 unspecified atom stereocenters. The highest BCUT2D eigenvalue weighted by Gasteiger charge is 2.59. The number of allylic oxidation sites excluding steroid dienone is 1. The second-order valence-corrected chi connectivity index (χ2v) is 12.3. The molecule has 0 radical (unpaired) electrons. The third kappa shape index (κ3) is 3.70. The normalized spacial score (nSPS) is 40.4. The summed E-state index contributed by atoms with van der Waals surface area (Å²) in [5.41, 5.74) is 4.20. The number of hydrogen-bond acceptors (Lipinski definition) is 3. The van der Waals surface area contributed by atoms with Gasteiger partial charge < -0.3 is 4.74 Å². The van der Waals surface area contributed by atoms with Crippen molar-refractivity contribution in [2.24, 2.45) is 5.92 Å². The van der Waals surface area contributed by atoms with E-state index in [1.165, 1.54) is 46.7 Å². The first-order valence-corrected chi connectivity index (χ1v) is 14.4. The highest BCUT2D eigenvalue weighted by atomic mass is 19.1. The summed E-state index contributed by atoms with van der Waals surface area (Å²) in [6.07, 6.45) is 19.3. The maximum atomic E-state index is 14.0.